The Bertz CT molecular complexity index is 435. The lowest BCUT2D eigenvalue weighted by atomic mass is 9.89. The lowest BCUT2D eigenvalue weighted by Crippen LogP contribution is -2.08. The number of aryl methyl sites for hydroxylation is 1. The first-order chi connectivity index (χ1) is 8.44. The van der Waals surface area contributed by atoms with Gasteiger partial charge in [0.1, 0.15) is 5.75 Å². The predicted molar refractivity (Wildman–Crippen MR) is 74.9 cm³/mol. The molecule has 1 aromatic rings. The van der Waals surface area contributed by atoms with Crippen LogP contribution >= 0.6 is 11.6 Å². The van der Waals surface area contributed by atoms with E-state index in [4.69, 9.17) is 21.6 Å². The van der Waals surface area contributed by atoms with E-state index in [0.717, 1.165) is 35.6 Å². The molecule has 0 radical (unpaired) electrons. The van der Waals surface area contributed by atoms with Crippen LogP contribution in [0, 0.1) is 23.7 Å². The first-order valence-electron chi connectivity index (χ1n) is 6.25. The Morgan fingerprint density at radius 2 is 2.06 bits per heavy atom. The Kier molecular flexibility index (Phi) is 5.50. The van der Waals surface area contributed by atoms with Gasteiger partial charge in [0.05, 0.1) is 18.1 Å². The summed E-state index contributed by atoms with van der Waals surface area (Å²) in [5, 5.41) is 9.63. The highest BCUT2D eigenvalue weighted by atomic mass is 35.5. The Labute approximate surface area is 115 Å². The van der Waals surface area contributed by atoms with Crippen LogP contribution in [0.2, 0.25) is 5.02 Å². The lowest BCUT2D eigenvalue weighted by Gasteiger charge is -2.14. The van der Waals surface area contributed by atoms with Gasteiger partial charge in [0.25, 0.3) is 0 Å². The van der Waals surface area contributed by atoms with Crippen LogP contribution in [-0.4, -0.2) is 6.61 Å². The van der Waals surface area contributed by atoms with Crippen LogP contribution in [0.15, 0.2) is 18.2 Å². The quantitative estimate of drug-likeness (QED) is 0.696. The maximum absolute atomic E-state index is 8.90. The summed E-state index contributed by atoms with van der Waals surface area (Å²) in [5.74, 6) is 0.888. The van der Waals surface area contributed by atoms with Gasteiger partial charge in [-0.05, 0) is 63.8 Å². The monoisotopic (exact) mass is 265 g/mol. The molecule has 0 fully saturated rings. The highest BCUT2D eigenvalue weighted by Gasteiger charge is 2.15. The summed E-state index contributed by atoms with van der Waals surface area (Å²) < 4.78 is 5.70. The smallest absolute Gasteiger partial charge is 0.122 e. The summed E-state index contributed by atoms with van der Waals surface area (Å²) in [6.45, 7) is 6.61. The molecule has 1 aromatic carbocycles. The van der Waals surface area contributed by atoms with Gasteiger partial charge in [0, 0.05) is 5.02 Å². The Hall–Kier alpha value is -1.20. The van der Waals surface area contributed by atoms with E-state index in [0.29, 0.717) is 6.61 Å². The zero-order valence-corrected chi connectivity index (χ0v) is 12.0. The summed E-state index contributed by atoms with van der Waals surface area (Å²) in [4.78, 5) is 0. The number of hydrogen-bond acceptors (Lipinski definition) is 2. The molecule has 0 heterocycles. The van der Waals surface area contributed by atoms with Crippen LogP contribution in [-0.2, 0) is 0 Å². The number of halogens is 1. The van der Waals surface area contributed by atoms with E-state index in [-0.39, 0.29) is 5.41 Å². The van der Waals surface area contributed by atoms with E-state index in [2.05, 4.69) is 6.07 Å². The molecular formula is C15H20ClNO. The highest BCUT2D eigenvalue weighted by Crippen LogP contribution is 2.23. The van der Waals surface area contributed by atoms with Gasteiger partial charge < -0.3 is 4.74 Å². The molecule has 3 heteroatoms. The normalized spacial score (nSPS) is 11.1. The molecule has 0 aromatic heterocycles. The van der Waals surface area contributed by atoms with Crippen LogP contribution in [0.5, 0.6) is 5.75 Å². The molecule has 0 amide bonds. The van der Waals surface area contributed by atoms with E-state index in [1.807, 2.05) is 39.0 Å². The van der Waals surface area contributed by atoms with Crippen LogP contribution in [0.4, 0.5) is 0 Å². The standard InChI is InChI=1S/C15H20ClNO/c1-12-10-13(16)6-7-14(12)18-9-5-4-8-15(2,3)11-17/h6-7,10H,4-5,8-9H2,1-3H3. The van der Waals surface area contributed by atoms with Crippen molar-refractivity contribution in [1.29, 1.82) is 5.26 Å². The fourth-order valence-corrected chi connectivity index (χ4v) is 1.91. The fourth-order valence-electron chi connectivity index (χ4n) is 1.68. The molecule has 0 saturated carbocycles. The summed E-state index contributed by atoms with van der Waals surface area (Å²) in [6, 6.07) is 7.94. The van der Waals surface area contributed by atoms with E-state index in [9.17, 15) is 0 Å². The highest BCUT2D eigenvalue weighted by molar-refractivity contribution is 6.30. The van der Waals surface area contributed by atoms with Crippen molar-refractivity contribution in [3.8, 4) is 11.8 Å². The minimum atomic E-state index is -0.226. The van der Waals surface area contributed by atoms with E-state index in [1.165, 1.54) is 0 Å². The van der Waals surface area contributed by atoms with Crippen molar-refractivity contribution in [1.82, 2.24) is 0 Å². The van der Waals surface area contributed by atoms with Crippen molar-refractivity contribution < 1.29 is 4.74 Å². The second-order valence-corrected chi connectivity index (χ2v) is 5.65. The second-order valence-electron chi connectivity index (χ2n) is 5.21. The van der Waals surface area contributed by atoms with Gasteiger partial charge in [-0.2, -0.15) is 5.26 Å². The van der Waals surface area contributed by atoms with Crippen molar-refractivity contribution in [2.75, 3.05) is 6.61 Å². The molecule has 1 rings (SSSR count). The number of unbranched alkanes of at least 4 members (excludes halogenated alkanes) is 1. The largest absolute Gasteiger partial charge is 0.493 e. The number of hydrogen-bond donors (Lipinski definition) is 0. The molecule has 0 aliphatic heterocycles. The SMILES string of the molecule is Cc1cc(Cl)ccc1OCCCCC(C)(C)C#N. The van der Waals surface area contributed by atoms with E-state index >= 15 is 0 Å². The molecule has 0 unspecified atom stereocenters. The van der Waals surface area contributed by atoms with Gasteiger partial charge in [0.2, 0.25) is 0 Å². The topological polar surface area (TPSA) is 33.0 Å². The lowest BCUT2D eigenvalue weighted by molar-refractivity contribution is 0.293. The van der Waals surface area contributed by atoms with Crippen LogP contribution in [0.25, 0.3) is 0 Å². The van der Waals surface area contributed by atoms with Gasteiger partial charge in [-0.15, -0.1) is 0 Å². The van der Waals surface area contributed by atoms with Crippen molar-refractivity contribution in [2.24, 2.45) is 5.41 Å². The summed E-state index contributed by atoms with van der Waals surface area (Å²) in [6.07, 6.45) is 2.88. The first-order valence-corrected chi connectivity index (χ1v) is 6.62. The molecule has 18 heavy (non-hydrogen) atoms. The van der Waals surface area contributed by atoms with Crippen molar-refractivity contribution in [3.63, 3.8) is 0 Å². The van der Waals surface area contributed by atoms with Gasteiger partial charge >= 0.3 is 0 Å². The molecule has 98 valence electrons. The summed E-state index contributed by atoms with van der Waals surface area (Å²) in [5.41, 5.74) is 0.829. The maximum Gasteiger partial charge on any atom is 0.122 e. The zero-order chi connectivity index (χ0) is 13.6. The number of ether oxygens (including phenoxy) is 1. The Morgan fingerprint density at radius 3 is 2.67 bits per heavy atom. The second kappa shape index (κ2) is 6.66. The van der Waals surface area contributed by atoms with Crippen LogP contribution in [0.1, 0.15) is 38.7 Å². The Morgan fingerprint density at radius 1 is 1.33 bits per heavy atom. The van der Waals surface area contributed by atoms with Crippen LogP contribution in [0.3, 0.4) is 0 Å². The third kappa shape index (κ3) is 4.98. The molecule has 0 atom stereocenters. The van der Waals surface area contributed by atoms with Crippen LogP contribution < -0.4 is 4.74 Å². The number of nitriles is 1. The zero-order valence-electron chi connectivity index (χ0n) is 11.3. The third-order valence-corrected chi connectivity index (χ3v) is 3.13. The number of nitrogens with zero attached hydrogens (tertiary/aromatic N) is 1. The molecule has 0 saturated heterocycles. The maximum atomic E-state index is 8.90. The van der Waals surface area contributed by atoms with E-state index < -0.39 is 0 Å². The van der Waals surface area contributed by atoms with Gasteiger partial charge in [-0.3, -0.25) is 0 Å². The first kappa shape index (κ1) is 14.9. The molecular weight excluding hydrogens is 246 g/mol. The molecule has 0 bridgehead atoms. The fraction of sp³-hybridized carbons (Fsp3) is 0.533. The van der Waals surface area contributed by atoms with Gasteiger partial charge in [-0.25, -0.2) is 0 Å². The number of benzene rings is 1. The molecule has 0 spiro atoms. The summed E-state index contributed by atoms with van der Waals surface area (Å²) in [7, 11) is 0. The molecule has 2 nitrogen and oxygen atoms in total. The van der Waals surface area contributed by atoms with E-state index in [1.54, 1.807) is 0 Å². The molecule has 0 N–H and O–H groups in total. The average molecular weight is 266 g/mol. The van der Waals surface area contributed by atoms with Gasteiger partial charge in [-0.1, -0.05) is 11.6 Å². The third-order valence-electron chi connectivity index (χ3n) is 2.89. The van der Waals surface area contributed by atoms with Crippen molar-refractivity contribution in [2.45, 2.75) is 40.0 Å². The molecule has 0 aliphatic carbocycles. The summed E-state index contributed by atoms with van der Waals surface area (Å²) >= 11 is 5.88. The minimum absolute atomic E-state index is 0.226. The van der Waals surface area contributed by atoms with Gasteiger partial charge in [0.15, 0.2) is 0 Å². The van der Waals surface area contributed by atoms with Crippen molar-refractivity contribution >= 4 is 11.6 Å². The average Bonchev–Trinajstić information content (AvgIpc) is 2.31. The van der Waals surface area contributed by atoms with Crippen molar-refractivity contribution in [3.05, 3.63) is 28.8 Å². The predicted octanol–water partition coefficient (Wildman–Crippen LogP) is 4.75. The number of rotatable bonds is 6. The molecule has 0 aliphatic rings. The minimum Gasteiger partial charge on any atom is -0.493 e. The Balaban J connectivity index is 2.29.